The van der Waals surface area contributed by atoms with Gasteiger partial charge in [-0.3, -0.25) is 19.1 Å². The standard InChI is InChI=1S/C31H34N6O8S2/c1-3-19-14-31(19,29(40)36-47(42,43)23-7-8-23)35-28(39)25-13-22(17-37(25)27(38)12-20-16-32-30(41)34-20)45-33-15-18-11-21(44-2)6-9-24(18)26-5-4-10-46-26/h3-6,9-11,15-16,19,22-23,25H,1,7-8,12-14,17H2,2H3,(H,35,39)(H,36,40)(H2,32,34,41)/b33-15+/t19-,22?,25?,31+/m1/s1. The topological polar surface area (TPSA) is 192 Å². The molecule has 47 heavy (non-hydrogen) atoms. The second kappa shape index (κ2) is 12.8. The summed E-state index contributed by atoms with van der Waals surface area (Å²) in [6.45, 7) is 3.72. The molecule has 2 aromatic heterocycles. The average molecular weight is 683 g/mol. The molecule has 0 spiro atoms. The van der Waals surface area contributed by atoms with E-state index in [1.807, 2.05) is 35.7 Å². The number of likely N-dealkylation sites (tertiary alicyclic amines) is 1. The number of carbonyl (C=O) groups is 3. The number of hydrogen-bond donors (Lipinski definition) is 4. The number of benzene rings is 1. The normalized spacial score (nSPS) is 23.8. The molecule has 3 heterocycles. The summed E-state index contributed by atoms with van der Waals surface area (Å²) in [4.78, 5) is 65.2. The highest BCUT2D eigenvalue weighted by Gasteiger charge is 2.61. The van der Waals surface area contributed by atoms with Gasteiger partial charge in [-0.25, -0.2) is 13.2 Å². The first-order valence-corrected chi connectivity index (χ1v) is 17.4. The number of amides is 3. The van der Waals surface area contributed by atoms with Gasteiger partial charge in [0.2, 0.25) is 21.8 Å². The van der Waals surface area contributed by atoms with Gasteiger partial charge in [0.25, 0.3) is 5.91 Å². The summed E-state index contributed by atoms with van der Waals surface area (Å²) in [5, 5.41) is 8.28. The van der Waals surface area contributed by atoms with E-state index < -0.39 is 62.3 Å². The summed E-state index contributed by atoms with van der Waals surface area (Å²) in [7, 11) is -2.30. The minimum atomic E-state index is -3.86. The third-order valence-electron chi connectivity index (χ3n) is 8.57. The van der Waals surface area contributed by atoms with Crippen LogP contribution in [-0.4, -0.2) is 83.8 Å². The first kappa shape index (κ1) is 32.2. The smallest absolute Gasteiger partial charge is 0.323 e. The number of nitrogens with zero attached hydrogens (tertiary/aromatic N) is 2. The van der Waals surface area contributed by atoms with Crippen molar-refractivity contribution < 1.29 is 32.4 Å². The molecule has 4 N–H and O–H groups in total. The summed E-state index contributed by atoms with van der Waals surface area (Å²) < 4.78 is 32.5. The van der Waals surface area contributed by atoms with Crippen molar-refractivity contribution in [2.24, 2.45) is 11.1 Å². The lowest BCUT2D eigenvalue weighted by atomic mass is 10.1. The van der Waals surface area contributed by atoms with Crippen molar-refractivity contribution in [3.8, 4) is 16.2 Å². The molecule has 0 bridgehead atoms. The fraction of sp³-hybridized carbons (Fsp3) is 0.387. The van der Waals surface area contributed by atoms with Crippen LogP contribution in [0.4, 0.5) is 0 Å². The van der Waals surface area contributed by atoms with Crippen LogP contribution in [0.25, 0.3) is 10.4 Å². The van der Waals surface area contributed by atoms with Gasteiger partial charge in [-0.2, -0.15) is 0 Å². The minimum absolute atomic E-state index is 0.00104. The number of thiophene rings is 1. The van der Waals surface area contributed by atoms with E-state index in [9.17, 15) is 27.6 Å². The van der Waals surface area contributed by atoms with E-state index >= 15 is 0 Å². The Morgan fingerprint density at radius 1 is 1.26 bits per heavy atom. The number of H-pyrrole nitrogens is 2. The quantitative estimate of drug-likeness (QED) is 0.119. The first-order valence-electron chi connectivity index (χ1n) is 15.0. The second-order valence-corrected chi connectivity index (χ2v) is 14.7. The van der Waals surface area contributed by atoms with Crippen molar-refractivity contribution in [2.45, 2.75) is 55.0 Å². The predicted molar refractivity (Wildman–Crippen MR) is 173 cm³/mol. The molecule has 16 heteroatoms. The fourth-order valence-corrected chi connectivity index (χ4v) is 7.89. The van der Waals surface area contributed by atoms with Gasteiger partial charge in [0.15, 0.2) is 0 Å². The van der Waals surface area contributed by atoms with E-state index in [1.165, 1.54) is 17.2 Å². The fourth-order valence-electron chi connectivity index (χ4n) is 5.75. The van der Waals surface area contributed by atoms with Crippen molar-refractivity contribution in [3.05, 3.63) is 76.3 Å². The molecule has 1 aromatic carbocycles. The molecule has 2 saturated carbocycles. The van der Waals surface area contributed by atoms with E-state index in [0.717, 1.165) is 16.0 Å². The van der Waals surface area contributed by atoms with Crippen molar-refractivity contribution in [3.63, 3.8) is 0 Å². The number of aromatic nitrogens is 2. The molecule has 3 amide bonds. The van der Waals surface area contributed by atoms with Crippen LogP contribution >= 0.6 is 11.3 Å². The minimum Gasteiger partial charge on any atom is -0.497 e. The van der Waals surface area contributed by atoms with Gasteiger partial charge < -0.3 is 29.8 Å². The van der Waals surface area contributed by atoms with Gasteiger partial charge in [-0.05, 0) is 48.9 Å². The zero-order chi connectivity index (χ0) is 33.3. The summed E-state index contributed by atoms with van der Waals surface area (Å²) in [5.41, 5.74) is 0.000142. The SMILES string of the molecule is C=C[C@@H]1C[C@@]1(NC(=O)C1CC(O/N=C/c2cc(OC)ccc2-c2cccs2)CN1C(=O)Cc1c[nH]c(=O)[nH]1)C(=O)NS(=O)(=O)C1CC1. The van der Waals surface area contributed by atoms with Crippen LogP contribution in [0.1, 0.15) is 36.9 Å². The van der Waals surface area contributed by atoms with Crippen molar-refractivity contribution in [2.75, 3.05) is 13.7 Å². The number of sulfonamides is 1. The highest BCUT2D eigenvalue weighted by molar-refractivity contribution is 7.91. The Kier molecular flexibility index (Phi) is 8.80. The van der Waals surface area contributed by atoms with Crippen LogP contribution in [-0.2, 0) is 35.7 Å². The Hall–Kier alpha value is -4.70. The molecule has 3 aromatic rings. The van der Waals surface area contributed by atoms with E-state index in [0.29, 0.717) is 24.3 Å². The van der Waals surface area contributed by atoms with Crippen LogP contribution in [0.5, 0.6) is 5.75 Å². The van der Waals surface area contributed by atoms with E-state index in [1.54, 1.807) is 24.7 Å². The lowest BCUT2D eigenvalue weighted by molar-refractivity contribution is -0.139. The Bertz CT molecular complexity index is 1880. The Morgan fingerprint density at radius 3 is 2.70 bits per heavy atom. The highest BCUT2D eigenvalue weighted by Crippen LogP contribution is 2.45. The zero-order valence-electron chi connectivity index (χ0n) is 25.4. The molecule has 1 aliphatic heterocycles. The lowest BCUT2D eigenvalue weighted by Crippen LogP contribution is -2.56. The molecular formula is C31H34N6O8S2. The number of nitrogens with one attached hydrogen (secondary N) is 4. The van der Waals surface area contributed by atoms with Gasteiger partial charge in [-0.1, -0.05) is 17.3 Å². The third-order valence-corrected chi connectivity index (χ3v) is 11.3. The Balaban J connectivity index is 1.20. The van der Waals surface area contributed by atoms with Crippen molar-refractivity contribution >= 4 is 45.3 Å². The van der Waals surface area contributed by atoms with Gasteiger partial charge in [0, 0.05) is 40.2 Å². The molecule has 248 valence electrons. The maximum Gasteiger partial charge on any atom is 0.323 e. The van der Waals surface area contributed by atoms with Crippen molar-refractivity contribution in [1.29, 1.82) is 0 Å². The maximum absolute atomic E-state index is 13.8. The largest absolute Gasteiger partial charge is 0.497 e. The molecule has 3 aliphatic rings. The van der Waals surface area contributed by atoms with Crippen LogP contribution < -0.4 is 20.5 Å². The van der Waals surface area contributed by atoms with Crippen LogP contribution in [0, 0.1) is 5.92 Å². The Morgan fingerprint density at radius 2 is 2.06 bits per heavy atom. The zero-order valence-corrected chi connectivity index (χ0v) is 27.1. The summed E-state index contributed by atoms with van der Waals surface area (Å²) >= 11 is 1.57. The highest BCUT2D eigenvalue weighted by atomic mass is 32.2. The number of ether oxygens (including phenoxy) is 1. The number of oxime groups is 1. The number of aromatic amines is 2. The van der Waals surface area contributed by atoms with Crippen LogP contribution in [0.2, 0.25) is 0 Å². The Labute approximate surface area is 274 Å². The van der Waals surface area contributed by atoms with Crippen LogP contribution in [0.3, 0.4) is 0 Å². The molecular weight excluding hydrogens is 649 g/mol. The summed E-state index contributed by atoms with van der Waals surface area (Å²) in [5.74, 6) is -1.81. The molecule has 14 nitrogen and oxygen atoms in total. The van der Waals surface area contributed by atoms with Gasteiger partial charge >= 0.3 is 5.69 Å². The number of carbonyl (C=O) groups excluding carboxylic acids is 3. The van der Waals surface area contributed by atoms with E-state index in [2.05, 4.69) is 31.7 Å². The van der Waals surface area contributed by atoms with E-state index in [-0.39, 0.29) is 25.8 Å². The number of methoxy groups -OCH3 is 1. The first-order chi connectivity index (χ1) is 22.5. The van der Waals surface area contributed by atoms with Gasteiger partial charge in [-0.15, -0.1) is 17.9 Å². The maximum atomic E-state index is 13.8. The molecule has 1 saturated heterocycles. The molecule has 6 rings (SSSR count). The molecule has 4 atom stereocenters. The van der Waals surface area contributed by atoms with Crippen molar-refractivity contribution in [1.82, 2.24) is 24.9 Å². The van der Waals surface area contributed by atoms with Gasteiger partial charge in [0.05, 0.1) is 31.5 Å². The number of rotatable bonds is 13. The number of hydrogen-bond acceptors (Lipinski definition) is 10. The monoisotopic (exact) mass is 682 g/mol. The molecule has 3 fully saturated rings. The average Bonchev–Trinajstić information content (AvgIpc) is 3.84. The van der Waals surface area contributed by atoms with Crippen LogP contribution in [0.15, 0.2) is 64.5 Å². The van der Waals surface area contributed by atoms with E-state index in [4.69, 9.17) is 9.57 Å². The second-order valence-electron chi connectivity index (χ2n) is 11.8. The summed E-state index contributed by atoms with van der Waals surface area (Å²) in [6.07, 6.45) is 4.66. The predicted octanol–water partition coefficient (Wildman–Crippen LogP) is 1.67. The lowest BCUT2D eigenvalue weighted by Gasteiger charge is -2.26. The molecule has 2 unspecified atom stereocenters. The van der Waals surface area contributed by atoms with Gasteiger partial charge in [0.1, 0.15) is 23.4 Å². The number of imidazole rings is 1. The molecule has 2 aliphatic carbocycles. The third kappa shape index (κ3) is 6.88. The molecule has 0 radical (unpaired) electrons. The summed E-state index contributed by atoms with van der Waals surface area (Å²) in [6, 6.07) is 8.45.